The van der Waals surface area contributed by atoms with E-state index in [2.05, 4.69) is 0 Å². The van der Waals surface area contributed by atoms with Crippen molar-refractivity contribution in [2.75, 3.05) is 6.54 Å². The fraction of sp³-hybridized carbons (Fsp3) is 0.364. The number of benzene rings is 1. The van der Waals surface area contributed by atoms with Crippen molar-refractivity contribution in [2.45, 2.75) is 12.6 Å². The smallest absolute Gasteiger partial charge is 0.416 e. The molecule has 0 aliphatic heterocycles. The van der Waals surface area contributed by atoms with Crippen LogP contribution in [0, 0.1) is 5.92 Å². The minimum atomic E-state index is -4.38. The SMILES string of the molecule is NC[C@H](Cc1ccc(C(F)(F)F)cc1)C(=O)O. The molecule has 0 radical (unpaired) electrons. The largest absolute Gasteiger partial charge is 0.481 e. The molecule has 17 heavy (non-hydrogen) atoms. The van der Waals surface area contributed by atoms with Crippen molar-refractivity contribution in [3.8, 4) is 0 Å². The molecule has 1 rings (SSSR count). The van der Waals surface area contributed by atoms with Crippen LogP contribution in [0.25, 0.3) is 0 Å². The summed E-state index contributed by atoms with van der Waals surface area (Å²) in [4.78, 5) is 10.7. The van der Waals surface area contributed by atoms with Gasteiger partial charge in [0.25, 0.3) is 0 Å². The van der Waals surface area contributed by atoms with Gasteiger partial charge in [0, 0.05) is 6.54 Å². The average molecular weight is 247 g/mol. The Labute approximate surface area is 96.0 Å². The maximum Gasteiger partial charge on any atom is 0.416 e. The third kappa shape index (κ3) is 3.74. The summed E-state index contributed by atoms with van der Waals surface area (Å²) in [6.07, 6.45) is -4.25. The molecule has 0 unspecified atom stereocenters. The average Bonchev–Trinajstić information content (AvgIpc) is 2.25. The number of carbonyl (C=O) groups is 1. The van der Waals surface area contributed by atoms with Crippen molar-refractivity contribution in [2.24, 2.45) is 11.7 Å². The molecule has 1 aromatic rings. The van der Waals surface area contributed by atoms with Crippen LogP contribution in [-0.2, 0) is 17.4 Å². The maximum atomic E-state index is 12.3. The Morgan fingerprint density at radius 2 is 1.82 bits per heavy atom. The number of hydrogen-bond acceptors (Lipinski definition) is 2. The van der Waals surface area contributed by atoms with E-state index in [1.54, 1.807) is 0 Å². The lowest BCUT2D eigenvalue weighted by molar-refractivity contribution is -0.141. The van der Waals surface area contributed by atoms with E-state index in [-0.39, 0.29) is 13.0 Å². The number of aliphatic carboxylic acids is 1. The molecular weight excluding hydrogens is 235 g/mol. The zero-order valence-corrected chi connectivity index (χ0v) is 8.87. The molecule has 94 valence electrons. The Balaban J connectivity index is 2.78. The van der Waals surface area contributed by atoms with Gasteiger partial charge in [-0.15, -0.1) is 0 Å². The standard InChI is InChI=1S/C11H12F3NO2/c12-11(13,14)9-3-1-7(2-4-9)5-8(6-15)10(16)17/h1-4,8H,5-6,15H2,(H,16,17)/t8-/m0/s1. The number of nitrogens with two attached hydrogens (primary N) is 1. The molecule has 0 spiro atoms. The number of rotatable bonds is 4. The third-order valence-corrected chi connectivity index (χ3v) is 2.40. The highest BCUT2D eigenvalue weighted by atomic mass is 19.4. The predicted octanol–water partition coefficient (Wildman–Crippen LogP) is 1.91. The highest BCUT2D eigenvalue weighted by Crippen LogP contribution is 2.29. The Morgan fingerprint density at radius 3 is 2.18 bits per heavy atom. The van der Waals surface area contributed by atoms with Crippen LogP contribution in [-0.4, -0.2) is 17.6 Å². The molecule has 1 atom stereocenters. The van der Waals surface area contributed by atoms with Crippen molar-refractivity contribution in [3.63, 3.8) is 0 Å². The van der Waals surface area contributed by atoms with Crippen molar-refractivity contribution < 1.29 is 23.1 Å². The van der Waals surface area contributed by atoms with Crippen LogP contribution in [0.1, 0.15) is 11.1 Å². The van der Waals surface area contributed by atoms with E-state index in [0.717, 1.165) is 12.1 Å². The normalized spacial score (nSPS) is 13.4. The molecule has 0 amide bonds. The Hall–Kier alpha value is -1.56. The molecule has 0 saturated carbocycles. The van der Waals surface area contributed by atoms with E-state index in [9.17, 15) is 18.0 Å². The molecule has 3 N–H and O–H groups in total. The van der Waals surface area contributed by atoms with Crippen LogP contribution >= 0.6 is 0 Å². The predicted molar refractivity (Wildman–Crippen MR) is 55.3 cm³/mol. The highest BCUT2D eigenvalue weighted by Gasteiger charge is 2.30. The second-order valence-electron chi connectivity index (χ2n) is 3.67. The number of carboxylic acid groups (broad SMARTS) is 1. The minimum Gasteiger partial charge on any atom is -0.481 e. The lowest BCUT2D eigenvalue weighted by atomic mass is 9.99. The van der Waals surface area contributed by atoms with E-state index in [4.69, 9.17) is 10.8 Å². The summed E-state index contributed by atoms with van der Waals surface area (Å²) < 4.78 is 36.8. The first-order valence-electron chi connectivity index (χ1n) is 4.93. The summed E-state index contributed by atoms with van der Waals surface area (Å²) >= 11 is 0. The zero-order chi connectivity index (χ0) is 13.1. The van der Waals surface area contributed by atoms with Gasteiger partial charge >= 0.3 is 12.1 Å². The molecule has 0 fully saturated rings. The number of carboxylic acids is 1. The summed E-state index contributed by atoms with van der Waals surface area (Å²) in [6.45, 7) is -0.0453. The van der Waals surface area contributed by atoms with Crippen molar-refractivity contribution in [1.82, 2.24) is 0 Å². The lowest BCUT2D eigenvalue weighted by Crippen LogP contribution is -2.25. The van der Waals surface area contributed by atoms with Crippen LogP contribution in [0.3, 0.4) is 0 Å². The molecule has 0 bridgehead atoms. The molecule has 3 nitrogen and oxygen atoms in total. The summed E-state index contributed by atoms with van der Waals surface area (Å²) in [5.74, 6) is -1.82. The highest BCUT2D eigenvalue weighted by molar-refractivity contribution is 5.70. The van der Waals surface area contributed by atoms with Gasteiger partial charge < -0.3 is 10.8 Å². The minimum absolute atomic E-state index is 0.0453. The molecule has 0 aromatic heterocycles. The van der Waals surface area contributed by atoms with E-state index < -0.39 is 23.6 Å². The number of halogens is 3. The lowest BCUT2D eigenvalue weighted by Gasteiger charge is -2.11. The monoisotopic (exact) mass is 247 g/mol. The zero-order valence-electron chi connectivity index (χ0n) is 8.87. The van der Waals surface area contributed by atoms with Gasteiger partial charge in [-0.05, 0) is 24.1 Å². The molecule has 1 aromatic carbocycles. The van der Waals surface area contributed by atoms with Crippen LogP contribution in [0.15, 0.2) is 24.3 Å². The van der Waals surface area contributed by atoms with E-state index in [0.29, 0.717) is 5.56 Å². The van der Waals surface area contributed by atoms with Gasteiger partial charge in [0.1, 0.15) is 0 Å². The van der Waals surface area contributed by atoms with Crippen molar-refractivity contribution in [3.05, 3.63) is 35.4 Å². The van der Waals surface area contributed by atoms with Gasteiger partial charge in [-0.3, -0.25) is 4.79 Å². The van der Waals surface area contributed by atoms with Crippen LogP contribution in [0.5, 0.6) is 0 Å². The third-order valence-electron chi connectivity index (χ3n) is 2.40. The van der Waals surface area contributed by atoms with Crippen LogP contribution in [0.2, 0.25) is 0 Å². The Morgan fingerprint density at radius 1 is 1.29 bits per heavy atom. The van der Waals surface area contributed by atoms with Gasteiger partial charge in [-0.2, -0.15) is 13.2 Å². The van der Waals surface area contributed by atoms with E-state index in [1.807, 2.05) is 0 Å². The van der Waals surface area contributed by atoms with E-state index >= 15 is 0 Å². The van der Waals surface area contributed by atoms with Gasteiger partial charge in [0.05, 0.1) is 11.5 Å². The molecular formula is C11H12F3NO2. The topological polar surface area (TPSA) is 63.3 Å². The first-order chi connectivity index (χ1) is 7.84. The van der Waals surface area contributed by atoms with Crippen LogP contribution in [0.4, 0.5) is 13.2 Å². The first kappa shape index (κ1) is 13.5. The summed E-state index contributed by atoms with van der Waals surface area (Å²) in [5, 5.41) is 8.76. The van der Waals surface area contributed by atoms with Gasteiger partial charge in [0.2, 0.25) is 0 Å². The van der Waals surface area contributed by atoms with Gasteiger partial charge in [-0.1, -0.05) is 12.1 Å². The van der Waals surface area contributed by atoms with Crippen molar-refractivity contribution >= 4 is 5.97 Å². The fourth-order valence-electron chi connectivity index (χ4n) is 1.39. The molecule has 0 aliphatic rings. The molecule has 0 saturated heterocycles. The number of alkyl halides is 3. The van der Waals surface area contributed by atoms with Crippen molar-refractivity contribution in [1.29, 1.82) is 0 Å². The van der Waals surface area contributed by atoms with Crippen LogP contribution < -0.4 is 5.73 Å². The molecule has 0 aliphatic carbocycles. The Kier molecular flexibility index (Phi) is 4.11. The van der Waals surface area contributed by atoms with Gasteiger partial charge in [-0.25, -0.2) is 0 Å². The second-order valence-corrected chi connectivity index (χ2v) is 3.67. The molecule has 0 heterocycles. The second kappa shape index (κ2) is 5.18. The maximum absolute atomic E-state index is 12.3. The van der Waals surface area contributed by atoms with E-state index in [1.165, 1.54) is 12.1 Å². The first-order valence-corrected chi connectivity index (χ1v) is 4.93. The summed E-state index contributed by atoms with van der Waals surface area (Å²) in [7, 11) is 0. The fourth-order valence-corrected chi connectivity index (χ4v) is 1.39. The summed E-state index contributed by atoms with van der Waals surface area (Å²) in [5.41, 5.74) is 5.03. The summed E-state index contributed by atoms with van der Waals surface area (Å²) in [6, 6.07) is 4.42. The number of hydrogen-bond donors (Lipinski definition) is 2. The van der Waals surface area contributed by atoms with Gasteiger partial charge in [0.15, 0.2) is 0 Å². The Bertz CT molecular complexity index is 387. The molecule has 6 heteroatoms. The quantitative estimate of drug-likeness (QED) is 0.854.